The first-order chi connectivity index (χ1) is 14.8. The normalized spacial score (nSPS) is 13.3. The molecule has 0 saturated heterocycles. The molecule has 0 amide bonds. The van der Waals surface area contributed by atoms with Gasteiger partial charge in [0.1, 0.15) is 0 Å². The van der Waals surface area contributed by atoms with Gasteiger partial charge in [-0.15, -0.1) is 11.3 Å². The van der Waals surface area contributed by atoms with Crippen molar-refractivity contribution in [3.8, 4) is 23.2 Å². The van der Waals surface area contributed by atoms with E-state index < -0.39 is 0 Å². The van der Waals surface area contributed by atoms with Crippen molar-refractivity contribution in [3.63, 3.8) is 0 Å². The number of hydrogen-bond donors (Lipinski definition) is 0. The van der Waals surface area contributed by atoms with Gasteiger partial charge in [0.25, 0.3) is 0 Å². The molecule has 4 heteroatoms. The van der Waals surface area contributed by atoms with Gasteiger partial charge in [-0.2, -0.15) is 0 Å². The summed E-state index contributed by atoms with van der Waals surface area (Å²) in [5.41, 5.74) is 4.54. The summed E-state index contributed by atoms with van der Waals surface area (Å²) < 4.78 is 0. The van der Waals surface area contributed by atoms with Crippen LogP contribution >= 0.6 is 11.3 Å². The minimum atomic E-state index is 0.822. The van der Waals surface area contributed by atoms with E-state index >= 15 is 0 Å². The SMILES string of the molecule is C(#Cc1ccc(CN2CCc3nc(-c4ccccc4)ncc3C2)s1)c1ccccc1. The Morgan fingerprint density at radius 3 is 2.53 bits per heavy atom. The second-order valence-electron chi connectivity index (χ2n) is 7.37. The van der Waals surface area contributed by atoms with Gasteiger partial charge in [0, 0.05) is 53.8 Å². The maximum atomic E-state index is 4.83. The number of thiophene rings is 1. The number of fused-ring (bicyclic) bond motifs is 1. The highest BCUT2D eigenvalue weighted by Gasteiger charge is 2.19. The van der Waals surface area contributed by atoms with Crippen molar-refractivity contribution in [3.05, 3.63) is 106 Å². The van der Waals surface area contributed by atoms with Crippen molar-refractivity contribution in [2.75, 3.05) is 6.54 Å². The van der Waals surface area contributed by atoms with E-state index in [1.54, 1.807) is 11.3 Å². The molecule has 2 aromatic heterocycles. The fourth-order valence-electron chi connectivity index (χ4n) is 3.64. The summed E-state index contributed by atoms with van der Waals surface area (Å²) in [6.45, 7) is 2.85. The van der Waals surface area contributed by atoms with Crippen LogP contribution in [0.3, 0.4) is 0 Å². The van der Waals surface area contributed by atoms with E-state index in [9.17, 15) is 0 Å². The minimum absolute atomic E-state index is 0.822. The highest BCUT2D eigenvalue weighted by molar-refractivity contribution is 7.12. The van der Waals surface area contributed by atoms with Crippen LogP contribution in [-0.4, -0.2) is 21.4 Å². The molecule has 0 bridgehead atoms. The number of rotatable bonds is 3. The van der Waals surface area contributed by atoms with Crippen molar-refractivity contribution in [1.29, 1.82) is 0 Å². The predicted molar refractivity (Wildman–Crippen MR) is 122 cm³/mol. The molecule has 0 fully saturated rings. The lowest BCUT2D eigenvalue weighted by Gasteiger charge is -2.27. The van der Waals surface area contributed by atoms with E-state index in [2.05, 4.69) is 46.0 Å². The number of hydrogen-bond acceptors (Lipinski definition) is 4. The Morgan fingerprint density at radius 2 is 1.70 bits per heavy atom. The highest BCUT2D eigenvalue weighted by Crippen LogP contribution is 2.24. The average molecular weight is 408 g/mol. The monoisotopic (exact) mass is 407 g/mol. The lowest BCUT2D eigenvalue weighted by atomic mass is 10.1. The topological polar surface area (TPSA) is 29.0 Å². The summed E-state index contributed by atoms with van der Waals surface area (Å²) in [6, 6.07) is 24.6. The van der Waals surface area contributed by atoms with Gasteiger partial charge in [0.05, 0.1) is 10.6 Å². The van der Waals surface area contributed by atoms with Crippen molar-refractivity contribution in [2.24, 2.45) is 0 Å². The Kier molecular flexibility index (Phi) is 5.39. The van der Waals surface area contributed by atoms with Crippen LogP contribution in [0.25, 0.3) is 11.4 Å². The van der Waals surface area contributed by atoms with Crippen LogP contribution in [-0.2, 0) is 19.5 Å². The van der Waals surface area contributed by atoms with Gasteiger partial charge >= 0.3 is 0 Å². The second kappa shape index (κ2) is 8.62. The van der Waals surface area contributed by atoms with E-state index in [0.29, 0.717) is 0 Å². The summed E-state index contributed by atoms with van der Waals surface area (Å²) in [6.07, 6.45) is 2.96. The quantitative estimate of drug-likeness (QED) is 0.439. The number of aromatic nitrogens is 2. The standard InChI is InChI=1S/C26H21N3S/c1-3-7-20(8-4-1)11-12-23-13-14-24(30-23)19-29-16-15-25-22(18-29)17-27-26(28-25)21-9-5-2-6-10-21/h1-10,13-14,17H,15-16,18-19H2. The molecule has 4 aromatic rings. The first-order valence-corrected chi connectivity index (χ1v) is 10.9. The molecule has 2 aromatic carbocycles. The molecule has 0 spiro atoms. The van der Waals surface area contributed by atoms with Crippen molar-refractivity contribution < 1.29 is 0 Å². The first-order valence-electron chi connectivity index (χ1n) is 10.1. The lowest BCUT2D eigenvalue weighted by Crippen LogP contribution is -2.30. The maximum Gasteiger partial charge on any atom is 0.159 e. The summed E-state index contributed by atoms with van der Waals surface area (Å²) in [4.78, 5) is 14.4. The third kappa shape index (κ3) is 4.33. The molecular weight excluding hydrogens is 386 g/mol. The highest BCUT2D eigenvalue weighted by atomic mass is 32.1. The smallest absolute Gasteiger partial charge is 0.159 e. The number of nitrogens with zero attached hydrogens (tertiary/aromatic N) is 3. The molecule has 1 aliphatic heterocycles. The molecule has 3 heterocycles. The van der Waals surface area contributed by atoms with Crippen LogP contribution in [0, 0.1) is 11.8 Å². The summed E-state index contributed by atoms with van der Waals surface area (Å²) >= 11 is 1.78. The molecule has 0 atom stereocenters. The van der Waals surface area contributed by atoms with E-state index in [0.717, 1.165) is 47.9 Å². The Labute approximate surface area is 181 Å². The van der Waals surface area contributed by atoms with Gasteiger partial charge in [0.15, 0.2) is 5.82 Å². The van der Waals surface area contributed by atoms with Gasteiger partial charge in [0.2, 0.25) is 0 Å². The maximum absolute atomic E-state index is 4.83. The van der Waals surface area contributed by atoms with Crippen molar-refractivity contribution in [2.45, 2.75) is 19.5 Å². The zero-order valence-electron chi connectivity index (χ0n) is 16.6. The van der Waals surface area contributed by atoms with Crippen molar-refractivity contribution >= 4 is 11.3 Å². The predicted octanol–water partition coefficient (Wildman–Crippen LogP) is 5.16. The molecule has 1 aliphatic rings. The Morgan fingerprint density at radius 1 is 0.900 bits per heavy atom. The van der Waals surface area contributed by atoms with Gasteiger partial charge in [-0.1, -0.05) is 60.4 Å². The zero-order chi connectivity index (χ0) is 20.2. The van der Waals surface area contributed by atoms with Gasteiger partial charge in [-0.25, -0.2) is 9.97 Å². The number of benzene rings is 2. The molecular formula is C26H21N3S. The molecule has 0 radical (unpaired) electrons. The van der Waals surface area contributed by atoms with Crippen LogP contribution in [0.5, 0.6) is 0 Å². The third-order valence-corrected chi connectivity index (χ3v) is 6.18. The zero-order valence-corrected chi connectivity index (χ0v) is 17.4. The van der Waals surface area contributed by atoms with Crippen LogP contribution < -0.4 is 0 Å². The molecule has 0 saturated carbocycles. The first kappa shape index (κ1) is 18.7. The third-order valence-electron chi connectivity index (χ3n) is 5.19. The fraction of sp³-hybridized carbons (Fsp3) is 0.154. The van der Waals surface area contributed by atoms with Gasteiger partial charge in [-0.3, -0.25) is 4.90 Å². The van der Waals surface area contributed by atoms with Crippen molar-refractivity contribution in [1.82, 2.24) is 14.9 Å². The van der Waals surface area contributed by atoms with Gasteiger partial charge in [-0.05, 0) is 24.3 Å². The Bertz CT molecular complexity index is 1200. The summed E-state index contributed by atoms with van der Waals surface area (Å²) in [5, 5.41) is 0. The van der Waals surface area contributed by atoms with Crippen LogP contribution in [0.4, 0.5) is 0 Å². The lowest BCUT2D eigenvalue weighted by molar-refractivity contribution is 0.245. The Hall–Kier alpha value is -3.26. The molecule has 3 nitrogen and oxygen atoms in total. The minimum Gasteiger partial charge on any atom is -0.293 e. The van der Waals surface area contributed by atoms with Crippen LogP contribution in [0.1, 0.15) is 26.6 Å². The van der Waals surface area contributed by atoms with Gasteiger partial charge < -0.3 is 0 Å². The van der Waals surface area contributed by atoms with E-state index in [4.69, 9.17) is 4.98 Å². The fourth-order valence-corrected chi connectivity index (χ4v) is 4.55. The molecule has 146 valence electrons. The summed E-state index contributed by atoms with van der Waals surface area (Å²) in [5.74, 6) is 7.35. The molecule has 0 aliphatic carbocycles. The molecule has 5 rings (SSSR count). The average Bonchev–Trinajstić information content (AvgIpc) is 3.26. The second-order valence-corrected chi connectivity index (χ2v) is 8.54. The largest absolute Gasteiger partial charge is 0.293 e. The Balaban J connectivity index is 1.25. The summed E-state index contributed by atoms with van der Waals surface area (Å²) in [7, 11) is 0. The van der Waals surface area contributed by atoms with Crippen LogP contribution in [0.15, 0.2) is 79.0 Å². The van der Waals surface area contributed by atoms with Crippen LogP contribution in [0.2, 0.25) is 0 Å². The molecule has 0 unspecified atom stereocenters. The van der Waals surface area contributed by atoms with E-state index in [1.807, 2.05) is 54.7 Å². The molecule has 0 N–H and O–H groups in total. The van der Waals surface area contributed by atoms with E-state index in [-0.39, 0.29) is 0 Å². The van der Waals surface area contributed by atoms with E-state index in [1.165, 1.54) is 16.1 Å². The molecule has 30 heavy (non-hydrogen) atoms.